The number of methoxy groups -OCH3 is 2. The van der Waals surface area contributed by atoms with Crippen molar-refractivity contribution >= 4 is 22.1 Å². The molecule has 1 N–H and O–H groups in total. The summed E-state index contributed by atoms with van der Waals surface area (Å²) in [6, 6.07) is 21.7. The number of halogens is 1. The van der Waals surface area contributed by atoms with Crippen LogP contribution in [-0.2, 0) is 13.2 Å². The monoisotopic (exact) mass is 454 g/mol. The highest BCUT2D eigenvalue weighted by Gasteiger charge is 2.03. The van der Waals surface area contributed by atoms with Crippen LogP contribution >= 0.6 is 15.9 Å². The SMILES string of the molecule is COc1ccc(CN/N=C/c2ccc(OCc3ccc(Br)cc3)cc2)cc1OC. The summed E-state index contributed by atoms with van der Waals surface area (Å²) in [5, 5.41) is 4.27. The molecule has 0 heterocycles. The highest BCUT2D eigenvalue weighted by atomic mass is 79.9. The van der Waals surface area contributed by atoms with E-state index in [1.807, 2.05) is 66.7 Å². The van der Waals surface area contributed by atoms with Crippen molar-refractivity contribution < 1.29 is 14.2 Å². The van der Waals surface area contributed by atoms with E-state index in [-0.39, 0.29) is 0 Å². The van der Waals surface area contributed by atoms with Crippen LogP contribution in [0.5, 0.6) is 17.2 Å². The molecule has 3 aromatic rings. The normalized spacial score (nSPS) is 10.7. The molecular formula is C23H23BrN2O3. The largest absolute Gasteiger partial charge is 0.493 e. The van der Waals surface area contributed by atoms with Crippen LogP contribution in [0.3, 0.4) is 0 Å². The summed E-state index contributed by atoms with van der Waals surface area (Å²) in [5.74, 6) is 2.24. The maximum atomic E-state index is 5.81. The van der Waals surface area contributed by atoms with Crippen molar-refractivity contribution in [2.24, 2.45) is 5.10 Å². The first-order chi connectivity index (χ1) is 14.2. The minimum atomic E-state index is 0.535. The third-order valence-electron chi connectivity index (χ3n) is 4.23. The Balaban J connectivity index is 1.48. The summed E-state index contributed by atoms with van der Waals surface area (Å²) in [4.78, 5) is 0. The molecule has 3 rings (SSSR count). The average molecular weight is 455 g/mol. The van der Waals surface area contributed by atoms with Crippen molar-refractivity contribution in [3.05, 3.63) is 87.9 Å². The van der Waals surface area contributed by atoms with Gasteiger partial charge in [-0.1, -0.05) is 34.1 Å². The minimum Gasteiger partial charge on any atom is -0.493 e. The van der Waals surface area contributed by atoms with E-state index in [0.717, 1.165) is 26.9 Å². The van der Waals surface area contributed by atoms with Gasteiger partial charge in [0.15, 0.2) is 11.5 Å². The molecule has 150 valence electrons. The van der Waals surface area contributed by atoms with Crippen molar-refractivity contribution in [3.8, 4) is 17.2 Å². The Morgan fingerprint density at radius 2 is 1.55 bits per heavy atom. The van der Waals surface area contributed by atoms with Gasteiger partial charge in [0.05, 0.1) is 27.0 Å². The van der Waals surface area contributed by atoms with Crippen molar-refractivity contribution in [1.82, 2.24) is 5.43 Å². The topological polar surface area (TPSA) is 52.1 Å². The maximum absolute atomic E-state index is 5.81. The Kier molecular flexibility index (Phi) is 7.53. The van der Waals surface area contributed by atoms with Crippen LogP contribution in [0.15, 0.2) is 76.3 Å². The molecule has 0 unspecified atom stereocenters. The molecule has 0 radical (unpaired) electrons. The van der Waals surface area contributed by atoms with Gasteiger partial charge in [-0.05, 0) is 65.2 Å². The molecule has 0 saturated heterocycles. The second-order valence-corrected chi connectivity index (χ2v) is 7.18. The Bertz CT molecular complexity index is 941. The Labute approximate surface area is 179 Å². The van der Waals surface area contributed by atoms with E-state index in [4.69, 9.17) is 14.2 Å². The number of hydrogen-bond donors (Lipinski definition) is 1. The first-order valence-electron chi connectivity index (χ1n) is 9.12. The fourth-order valence-electron chi connectivity index (χ4n) is 2.65. The summed E-state index contributed by atoms with van der Waals surface area (Å²) in [7, 11) is 3.25. The van der Waals surface area contributed by atoms with Crippen LogP contribution in [0.4, 0.5) is 0 Å². The first-order valence-corrected chi connectivity index (χ1v) is 9.91. The molecule has 29 heavy (non-hydrogen) atoms. The molecule has 0 aromatic heterocycles. The third-order valence-corrected chi connectivity index (χ3v) is 4.76. The van der Waals surface area contributed by atoms with Crippen molar-refractivity contribution in [2.75, 3.05) is 14.2 Å². The smallest absolute Gasteiger partial charge is 0.161 e. The van der Waals surface area contributed by atoms with E-state index >= 15 is 0 Å². The molecule has 0 aliphatic rings. The van der Waals surface area contributed by atoms with Gasteiger partial charge in [0, 0.05) is 4.47 Å². The van der Waals surface area contributed by atoms with Gasteiger partial charge in [0.1, 0.15) is 12.4 Å². The van der Waals surface area contributed by atoms with Crippen LogP contribution < -0.4 is 19.6 Å². The van der Waals surface area contributed by atoms with Crippen molar-refractivity contribution in [1.29, 1.82) is 0 Å². The van der Waals surface area contributed by atoms with Crippen LogP contribution in [0.1, 0.15) is 16.7 Å². The van der Waals surface area contributed by atoms with Crippen LogP contribution in [0.25, 0.3) is 0 Å². The zero-order valence-corrected chi connectivity index (χ0v) is 18.0. The van der Waals surface area contributed by atoms with Crippen LogP contribution in [-0.4, -0.2) is 20.4 Å². The van der Waals surface area contributed by atoms with E-state index in [2.05, 4.69) is 26.5 Å². The van der Waals surface area contributed by atoms with Gasteiger partial charge in [0.2, 0.25) is 0 Å². The lowest BCUT2D eigenvalue weighted by atomic mass is 10.2. The zero-order chi connectivity index (χ0) is 20.5. The maximum Gasteiger partial charge on any atom is 0.161 e. The number of benzene rings is 3. The summed E-state index contributed by atoms with van der Waals surface area (Å²) in [6.45, 7) is 1.12. The highest BCUT2D eigenvalue weighted by Crippen LogP contribution is 2.27. The van der Waals surface area contributed by atoms with Gasteiger partial charge in [0.25, 0.3) is 0 Å². The fourth-order valence-corrected chi connectivity index (χ4v) is 2.91. The number of hydrogen-bond acceptors (Lipinski definition) is 5. The molecule has 6 heteroatoms. The zero-order valence-electron chi connectivity index (χ0n) is 16.4. The van der Waals surface area contributed by atoms with E-state index in [0.29, 0.717) is 24.7 Å². The second-order valence-electron chi connectivity index (χ2n) is 6.27. The van der Waals surface area contributed by atoms with Gasteiger partial charge < -0.3 is 19.6 Å². The minimum absolute atomic E-state index is 0.535. The average Bonchev–Trinajstić information content (AvgIpc) is 2.77. The predicted molar refractivity (Wildman–Crippen MR) is 119 cm³/mol. The van der Waals surface area contributed by atoms with Crippen LogP contribution in [0, 0.1) is 0 Å². The lowest BCUT2D eigenvalue weighted by molar-refractivity contribution is 0.306. The van der Waals surface area contributed by atoms with E-state index in [1.54, 1.807) is 20.4 Å². The quantitative estimate of drug-likeness (QED) is 0.357. The number of hydrazone groups is 1. The number of nitrogens with one attached hydrogen (secondary N) is 1. The highest BCUT2D eigenvalue weighted by molar-refractivity contribution is 9.10. The standard InChI is InChI=1S/C23H23BrN2O3/c1-27-22-12-7-19(13-23(22)28-2)15-26-25-14-17-5-10-21(11-6-17)29-16-18-3-8-20(24)9-4-18/h3-14,26H,15-16H2,1-2H3/b25-14+. The lowest BCUT2D eigenvalue weighted by Crippen LogP contribution is -2.06. The summed E-state index contributed by atoms with van der Waals surface area (Å²) >= 11 is 3.43. The molecule has 0 aliphatic heterocycles. The number of nitrogens with zero attached hydrogens (tertiary/aromatic N) is 1. The number of rotatable bonds is 9. The van der Waals surface area contributed by atoms with Gasteiger partial charge in [-0.3, -0.25) is 0 Å². The lowest BCUT2D eigenvalue weighted by Gasteiger charge is -2.09. The van der Waals surface area contributed by atoms with Crippen LogP contribution in [0.2, 0.25) is 0 Å². The second kappa shape index (κ2) is 10.5. The summed E-state index contributed by atoms with van der Waals surface area (Å²) in [5.41, 5.74) is 6.21. The first kappa shape index (κ1) is 20.7. The molecule has 3 aromatic carbocycles. The molecule has 0 fully saturated rings. The van der Waals surface area contributed by atoms with Gasteiger partial charge >= 0.3 is 0 Å². The Hall–Kier alpha value is -2.99. The molecule has 0 atom stereocenters. The summed E-state index contributed by atoms with van der Waals surface area (Å²) in [6.07, 6.45) is 1.78. The third kappa shape index (κ3) is 6.26. The van der Waals surface area contributed by atoms with E-state index in [1.165, 1.54) is 0 Å². The molecule has 0 aliphatic carbocycles. The molecule has 0 bridgehead atoms. The Morgan fingerprint density at radius 3 is 2.24 bits per heavy atom. The van der Waals surface area contributed by atoms with Crippen molar-refractivity contribution in [2.45, 2.75) is 13.2 Å². The van der Waals surface area contributed by atoms with E-state index < -0.39 is 0 Å². The molecule has 0 saturated carbocycles. The fraction of sp³-hybridized carbons (Fsp3) is 0.174. The Morgan fingerprint density at radius 1 is 0.862 bits per heavy atom. The van der Waals surface area contributed by atoms with Gasteiger partial charge in [-0.25, -0.2) is 0 Å². The number of ether oxygens (including phenoxy) is 3. The molecule has 5 nitrogen and oxygen atoms in total. The molecule has 0 amide bonds. The molecule has 0 spiro atoms. The molecular weight excluding hydrogens is 432 g/mol. The van der Waals surface area contributed by atoms with Gasteiger partial charge in [-0.15, -0.1) is 0 Å². The van der Waals surface area contributed by atoms with Gasteiger partial charge in [-0.2, -0.15) is 5.10 Å². The predicted octanol–water partition coefficient (Wildman–Crippen LogP) is 5.17. The van der Waals surface area contributed by atoms with Crippen molar-refractivity contribution in [3.63, 3.8) is 0 Å². The summed E-state index contributed by atoms with van der Waals surface area (Å²) < 4.78 is 17.4. The van der Waals surface area contributed by atoms with E-state index in [9.17, 15) is 0 Å².